The first-order valence-electron chi connectivity index (χ1n) is 6.98. The molecule has 10 nitrogen and oxygen atoms in total. The number of methoxy groups -OCH3 is 1. The molecule has 0 amide bonds. The van der Waals surface area contributed by atoms with Crippen LogP contribution in [0.5, 0.6) is 5.75 Å². The lowest BCUT2D eigenvalue weighted by molar-refractivity contribution is -0.382. The lowest BCUT2D eigenvalue weighted by Gasteiger charge is -2.26. The average Bonchev–Trinajstić information content (AvgIpc) is 2.58. The van der Waals surface area contributed by atoms with Gasteiger partial charge in [-0.2, -0.15) is 0 Å². The van der Waals surface area contributed by atoms with Gasteiger partial charge in [0, 0.05) is 0 Å². The molecule has 1 aliphatic rings. The highest BCUT2D eigenvalue weighted by Crippen LogP contribution is 2.50. The number of hydrogen-bond acceptors (Lipinski definition) is 7. The third-order valence-corrected chi connectivity index (χ3v) is 4.67. The van der Waals surface area contributed by atoms with Gasteiger partial charge in [0.2, 0.25) is 5.39 Å². The summed E-state index contributed by atoms with van der Waals surface area (Å²) < 4.78 is 11.5. The van der Waals surface area contributed by atoms with E-state index >= 15 is 0 Å². The van der Waals surface area contributed by atoms with Crippen LogP contribution in [0.15, 0.2) is 15.3 Å². The summed E-state index contributed by atoms with van der Waals surface area (Å²) in [5.74, 6) is -0.796. The monoisotopic (exact) mass is 409 g/mol. The molecule has 1 aliphatic heterocycles. The van der Waals surface area contributed by atoms with E-state index in [-0.39, 0.29) is 39.0 Å². The quantitative estimate of drug-likeness (QED) is 0.322. The highest BCUT2D eigenvalue weighted by molar-refractivity contribution is 9.10. The number of carbonyl (C=O) groups excluding carboxylic acids is 1. The topological polar surface area (TPSA) is 129 Å². The van der Waals surface area contributed by atoms with Crippen molar-refractivity contribution in [3.05, 3.63) is 41.5 Å². The molecule has 0 spiro atoms. The van der Waals surface area contributed by atoms with Crippen molar-refractivity contribution < 1.29 is 19.2 Å². The van der Waals surface area contributed by atoms with E-state index < -0.39 is 28.2 Å². The number of nitro groups is 1. The number of ether oxygens (including phenoxy) is 2. The van der Waals surface area contributed by atoms with Gasteiger partial charge in [-0.3, -0.25) is 19.5 Å². The van der Waals surface area contributed by atoms with Crippen molar-refractivity contribution in [2.75, 3.05) is 13.7 Å². The molecule has 0 saturated carbocycles. The highest BCUT2D eigenvalue weighted by atomic mass is 79.9. The van der Waals surface area contributed by atoms with Gasteiger partial charge in [-0.15, -0.1) is 0 Å². The molecule has 25 heavy (non-hydrogen) atoms. The van der Waals surface area contributed by atoms with Crippen LogP contribution in [0.4, 0.5) is 11.4 Å². The van der Waals surface area contributed by atoms with Crippen LogP contribution in [-0.4, -0.2) is 29.2 Å². The molecular formula is C14H10BrN4O6+. The van der Waals surface area contributed by atoms with Crippen molar-refractivity contribution in [1.82, 2.24) is 4.57 Å². The molecule has 11 heteroatoms. The van der Waals surface area contributed by atoms with Crippen LogP contribution >= 0.6 is 15.9 Å². The maximum Gasteiger partial charge on any atom is 0.479 e. The smallest absolute Gasteiger partial charge is 0.479 e. The fourth-order valence-electron chi connectivity index (χ4n) is 2.85. The summed E-state index contributed by atoms with van der Waals surface area (Å²) >= 11 is 3.13. The fraction of sp³-hybridized carbons (Fsp3) is 0.286. The second-order valence-electron chi connectivity index (χ2n) is 5.34. The van der Waals surface area contributed by atoms with Crippen LogP contribution in [0.2, 0.25) is 0 Å². The minimum Gasteiger partial charge on any atom is -0.488 e. The number of esters is 1. The molecule has 0 fully saturated rings. The maximum atomic E-state index is 12.7. The predicted molar refractivity (Wildman–Crippen MR) is 88.9 cm³/mol. The Morgan fingerprint density at radius 2 is 2.28 bits per heavy atom. The van der Waals surface area contributed by atoms with Crippen molar-refractivity contribution in [1.29, 1.82) is 5.39 Å². The molecule has 0 aliphatic carbocycles. The number of hydrogen-bond donors (Lipinski definition) is 0. The van der Waals surface area contributed by atoms with Gasteiger partial charge in [0.25, 0.3) is 5.56 Å². The molecule has 0 radical (unpaired) electrons. The van der Waals surface area contributed by atoms with E-state index in [0.29, 0.717) is 0 Å². The van der Waals surface area contributed by atoms with Crippen LogP contribution in [0.3, 0.4) is 0 Å². The predicted octanol–water partition coefficient (Wildman–Crippen LogP) is 2.90. The van der Waals surface area contributed by atoms with Crippen LogP contribution in [0.25, 0.3) is 15.9 Å². The van der Waals surface area contributed by atoms with E-state index in [9.17, 15) is 25.1 Å². The Morgan fingerprint density at radius 3 is 2.84 bits per heavy atom. The van der Waals surface area contributed by atoms with E-state index in [0.717, 1.165) is 13.2 Å². The normalized spacial score (nSPS) is 15.4. The number of pyridine rings is 1. The highest BCUT2D eigenvalue weighted by Gasteiger charge is 2.40. The molecule has 0 bridgehead atoms. The Labute approximate surface area is 147 Å². The molecule has 3 rings (SSSR count). The number of aromatic nitrogens is 1. The Hall–Kier alpha value is -3.00. The van der Waals surface area contributed by atoms with Crippen molar-refractivity contribution in [2.45, 2.75) is 13.0 Å². The van der Waals surface area contributed by atoms with Crippen molar-refractivity contribution in [3.63, 3.8) is 0 Å². The van der Waals surface area contributed by atoms with Gasteiger partial charge in [0.05, 0.1) is 23.5 Å². The molecule has 2 heterocycles. The first-order valence-corrected chi connectivity index (χ1v) is 7.78. The number of carbonyl (C=O) groups is 1. The lowest BCUT2D eigenvalue weighted by atomic mass is 10.1. The Bertz CT molecular complexity index is 1050. The van der Waals surface area contributed by atoms with E-state index in [1.807, 2.05) is 0 Å². The van der Waals surface area contributed by atoms with Crippen LogP contribution < -0.4 is 10.3 Å². The number of halogens is 1. The van der Waals surface area contributed by atoms with Crippen LogP contribution in [-0.2, 0) is 4.74 Å². The number of benzene rings is 1. The minimum atomic E-state index is -0.921. The Kier molecular flexibility index (Phi) is 3.92. The summed E-state index contributed by atoms with van der Waals surface area (Å²) in [4.78, 5) is 38.4. The zero-order valence-corrected chi connectivity index (χ0v) is 14.6. The maximum absolute atomic E-state index is 12.7. The molecule has 1 aromatic carbocycles. The zero-order valence-electron chi connectivity index (χ0n) is 13.0. The van der Waals surface area contributed by atoms with Gasteiger partial charge in [0.15, 0.2) is 15.2 Å². The van der Waals surface area contributed by atoms with Crippen LogP contribution in [0, 0.1) is 15.5 Å². The van der Waals surface area contributed by atoms with Gasteiger partial charge in [-0.25, -0.2) is 4.79 Å². The summed E-state index contributed by atoms with van der Waals surface area (Å²) in [5.41, 5.74) is -1.80. The standard InChI is InChI=1S/C14H10BrN4O6/c1-5-4-25-12-8(15)9(17-16)10(19(22)23)6-3-7(14(21)24-2)13(20)18(5)11(6)12/h3,5H,4H2,1-2H3/q+1/t5-/m0/s1. The van der Waals surface area contributed by atoms with Crippen LogP contribution in [0.1, 0.15) is 23.3 Å². The Balaban J connectivity index is 2.66. The average molecular weight is 410 g/mol. The second kappa shape index (κ2) is 5.82. The lowest BCUT2D eigenvalue weighted by Crippen LogP contribution is -2.34. The number of rotatable bonds is 2. The summed E-state index contributed by atoms with van der Waals surface area (Å²) in [6, 6.07) is 0.583. The fourth-order valence-corrected chi connectivity index (χ4v) is 3.42. The van der Waals surface area contributed by atoms with Crippen molar-refractivity contribution in [2.24, 2.45) is 0 Å². The van der Waals surface area contributed by atoms with E-state index in [1.54, 1.807) is 6.92 Å². The third-order valence-electron chi connectivity index (χ3n) is 3.93. The van der Waals surface area contributed by atoms with E-state index in [1.165, 1.54) is 4.57 Å². The molecule has 2 aromatic rings. The van der Waals surface area contributed by atoms with Gasteiger partial charge in [-0.05, 0) is 28.9 Å². The Morgan fingerprint density at radius 1 is 1.60 bits per heavy atom. The third kappa shape index (κ3) is 2.25. The zero-order chi connectivity index (χ0) is 18.5. The molecule has 1 aromatic heterocycles. The minimum absolute atomic E-state index is 0.0417. The molecule has 0 saturated heterocycles. The summed E-state index contributed by atoms with van der Waals surface area (Å²) in [6.07, 6.45) is 0. The van der Waals surface area contributed by atoms with Gasteiger partial charge < -0.3 is 9.47 Å². The number of nitrogens with zero attached hydrogens (tertiary/aromatic N) is 4. The van der Waals surface area contributed by atoms with Gasteiger partial charge in [-0.1, -0.05) is 0 Å². The van der Waals surface area contributed by atoms with E-state index in [4.69, 9.17) is 4.74 Å². The number of diazo groups is 1. The van der Waals surface area contributed by atoms with E-state index in [2.05, 4.69) is 25.6 Å². The van der Waals surface area contributed by atoms with Crippen molar-refractivity contribution in [3.8, 4) is 5.75 Å². The second-order valence-corrected chi connectivity index (χ2v) is 6.14. The summed E-state index contributed by atoms with van der Waals surface area (Å²) in [6.45, 7) is 1.77. The molecule has 1 atom stereocenters. The largest absolute Gasteiger partial charge is 0.488 e. The van der Waals surface area contributed by atoms with Crippen molar-refractivity contribution >= 4 is 44.2 Å². The number of nitro benzene ring substituents is 1. The SMILES string of the molecule is COC(=O)c1cc2c([N+](=O)[O-])c([N+]#N)c(Br)c3c2n(c1=O)[C@@H](C)CO3. The van der Waals surface area contributed by atoms with Gasteiger partial charge in [0.1, 0.15) is 17.7 Å². The molecule has 0 unspecified atom stereocenters. The molecular weight excluding hydrogens is 400 g/mol. The first-order chi connectivity index (χ1) is 11.8. The first kappa shape index (κ1) is 16.8. The summed E-state index contributed by atoms with van der Waals surface area (Å²) in [7, 11) is 1.10. The molecule has 128 valence electrons. The van der Waals surface area contributed by atoms with Gasteiger partial charge >= 0.3 is 17.3 Å². The molecule has 0 N–H and O–H groups in total. The summed E-state index contributed by atoms with van der Waals surface area (Å²) in [5, 5.41) is 20.7.